The fourth-order valence-corrected chi connectivity index (χ4v) is 1.56. The Morgan fingerprint density at radius 2 is 1.90 bits per heavy atom. The van der Waals surface area contributed by atoms with E-state index in [0.717, 1.165) is 35.1 Å². The van der Waals surface area contributed by atoms with Crippen molar-refractivity contribution in [2.24, 2.45) is 0 Å². The van der Waals surface area contributed by atoms with Gasteiger partial charge >= 0.3 is 41.7 Å². The van der Waals surface area contributed by atoms with Gasteiger partial charge in [-0.1, -0.05) is 13.3 Å². The van der Waals surface area contributed by atoms with Crippen LogP contribution in [0.2, 0.25) is 0 Å². The predicted molar refractivity (Wildman–Crippen MR) is 71.7 cm³/mol. The SMILES string of the molecule is CCCCC(/C=C(\I)C(F)(F)F)OC(=O)/C=C\C(=O)[O-].[Na+]. The van der Waals surface area contributed by atoms with Gasteiger partial charge in [0.2, 0.25) is 0 Å². The van der Waals surface area contributed by atoms with Crippen LogP contribution >= 0.6 is 22.6 Å². The van der Waals surface area contributed by atoms with Gasteiger partial charge in [-0.25, -0.2) is 4.79 Å². The number of carbonyl (C=O) groups excluding carboxylic acids is 2. The summed E-state index contributed by atoms with van der Waals surface area (Å²) in [7, 11) is 0. The molecule has 0 fully saturated rings. The van der Waals surface area contributed by atoms with Crippen LogP contribution in [0, 0.1) is 0 Å². The maximum absolute atomic E-state index is 12.4. The number of hydrogen-bond donors (Lipinski definition) is 0. The van der Waals surface area contributed by atoms with E-state index in [1.807, 2.05) is 6.92 Å². The van der Waals surface area contributed by atoms with Gasteiger partial charge in [0.05, 0.1) is 9.55 Å². The molecule has 0 radical (unpaired) electrons. The van der Waals surface area contributed by atoms with Gasteiger partial charge in [0, 0.05) is 6.08 Å². The standard InChI is InChI=1S/C12H14F3IO4.Na/c1-2-3-4-8(7-9(16)12(13,14)15)20-11(19)6-5-10(17)18;/h5-8H,2-4H2,1H3,(H,17,18);/q;+1/p-1/b6-5-,9-7-;. The third-order valence-corrected chi connectivity index (χ3v) is 3.04. The van der Waals surface area contributed by atoms with Crippen molar-refractivity contribution in [3.8, 4) is 0 Å². The van der Waals surface area contributed by atoms with E-state index in [1.54, 1.807) is 0 Å². The second-order valence-corrected chi connectivity index (χ2v) is 4.94. The van der Waals surface area contributed by atoms with Gasteiger partial charge in [-0.3, -0.25) is 0 Å². The van der Waals surface area contributed by atoms with Crippen LogP contribution < -0.4 is 34.7 Å². The van der Waals surface area contributed by atoms with E-state index in [9.17, 15) is 27.9 Å². The third-order valence-electron chi connectivity index (χ3n) is 2.07. The second kappa shape index (κ2) is 11.5. The molecule has 114 valence electrons. The van der Waals surface area contributed by atoms with Crippen molar-refractivity contribution in [1.82, 2.24) is 0 Å². The monoisotopic (exact) mass is 428 g/mol. The molecule has 0 aromatic carbocycles. The average Bonchev–Trinajstić information content (AvgIpc) is 2.32. The Morgan fingerprint density at radius 3 is 2.33 bits per heavy atom. The molecule has 0 heterocycles. The van der Waals surface area contributed by atoms with Crippen LogP contribution in [0.15, 0.2) is 21.8 Å². The first-order valence-electron chi connectivity index (χ1n) is 5.71. The predicted octanol–water partition coefficient (Wildman–Crippen LogP) is -0.720. The summed E-state index contributed by atoms with van der Waals surface area (Å²) in [5, 5.41) is 10.1. The van der Waals surface area contributed by atoms with Crippen molar-refractivity contribution in [1.29, 1.82) is 0 Å². The van der Waals surface area contributed by atoms with Crippen LogP contribution in [0.5, 0.6) is 0 Å². The van der Waals surface area contributed by atoms with Crippen molar-refractivity contribution >= 4 is 34.5 Å². The quantitative estimate of drug-likeness (QED) is 0.233. The van der Waals surface area contributed by atoms with Crippen LogP contribution in [0.4, 0.5) is 13.2 Å². The normalized spacial score (nSPS) is 13.7. The maximum atomic E-state index is 12.4. The summed E-state index contributed by atoms with van der Waals surface area (Å²) in [6.45, 7) is 1.84. The van der Waals surface area contributed by atoms with Gasteiger partial charge in [-0.05, 0) is 47.6 Å². The molecule has 1 unspecified atom stereocenters. The summed E-state index contributed by atoms with van der Waals surface area (Å²) >= 11 is 1.12. The van der Waals surface area contributed by atoms with E-state index < -0.39 is 27.8 Å². The number of allylic oxidation sites excluding steroid dienone is 1. The van der Waals surface area contributed by atoms with E-state index in [4.69, 9.17) is 4.74 Å². The number of carbonyl (C=O) groups is 2. The molecule has 0 rings (SSSR count). The molecule has 0 aromatic rings. The van der Waals surface area contributed by atoms with Gasteiger partial charge in [-0.15, -0.1) is 0 Å². The maximum Gasteiger partial charge on any atom is 1.00 e. The summed E-state index contributed by atoms with van der Waals surface area (Å²) < 4.78 is 41.1. The van der Waals surface area contributed by atoms with Gasteiger partial charge in [0.15, 0.2) is 0 Å². The molecule has 4 nitrogen and oxygen atoms in total. The molecule has 0 aliphatic heterocycles. The Labute approximate surface area is 156 Å². The molecule has 0 saturated carbocycles. The van der Waals surface area contributed by atoms with Crippen LogP contribution in [0.3, 0.4) is 0 Å². The van der Waals surface area contributed by atoms with Crippen LogP contribution in [-0.2, 0) is 14.3 Å². The fraction of sp³-hybridized carbons (Fsp3) is 0.500. The Balaban J connectivity index is 0. The van der Waals surface area contributed by atoms with Crippen molar-refractivity contribution < 1.29 is 62.2 Å². The number of carboxylic acids is 1. The minimum Gasteiger partial charge on any atom is -0.545 e. The molecule has 0 bridgehead atoms. The zero-order valence-electron chi connectivity index (χ0n) is 11.6. The minimum absolute atomic E-state index is 0. The van der Waals surface area contributed by atoms with Gasteiger partial charge in [-0.2, -0.15) is 13.2 Å². The van der Waals surface area contributed by atoms with E-state index >= 15 is 0 Å². The molecular formula is C12H13F3INaO4. The Bertz CT molecular complexity index is 408. The summed E-state index contributed by atoms with van der Waals surface area (Å²) in [6, 6.07) is 0. The number of esters is 1. The van der Waals surface area contributed by atoms with E-state index in [2.05, 4.69) is 0 Å². The summed E-state index contributed by atoms with van der Waals surface area (Å²) in [5.41, 5.74) is 0. The number of ether oxygens (including phenoxy) is 1. The molecule has 0 saturated heterocycles. The van der Waals surface area contributed by atoms with Crippen molar-refractivity contribution in [3.05, 3.63) is 21.8 Å². The fourth-order valence-electron chi connectivity index (χ4n) is 1.16. The molecule has 0 N–H and O–H groups in total. The molecule has 21 heavy (non-hydrogen) atoms. The largest absolute Gasteiger partial charge is 1.00 e. The zero-order chi connectivity index (χ0) is 15.8. The third kappa shape index (κ3) is 12.2. The molecule has 1 atom stereocenters. The van der Waals surface area contributed by atoms with Gasteiger partial charge < -0.3 is 14.6 Å². The molecule has 0 amide bonds. The van der Waals surface area contributed by atoms with Crippen LogP contribution in [-0.4, -0.2) is 24.2 Å². The second-order valence-electron chi connectivity index (χ2n) is 3.78. The number of unbranched alkanes of at least 4 members (excludes halogenated alkanes) is 1. The molecule has 0 spiro atoms. The summed E-state index contributed by atoms with van der Waals surface area (Å²) in [4.78, 5) is 21.3. The summed E-state index contributed by atoms with van der Waals surface area (Å²) in [5.74, 6) is -2.62. The van der Waals surface area contributed by atoms with E-state index in [1.165, 1.54) is 0 Å². The first kappa shape index (κ1) is 23.2. The number of carboxylic acid groups (broad SMARTS) is 1. The van der Waals surface area contributed by atoms with Gasteiger partial charge in [0.25, 0.3) is 0 Å². The molecule has 0 aliphatic rings. The van der Waals surface area contributed by atoms with Crippen molar-refractivity contribution in [2.75, 3.05) is 0 Å². The van der Waals surface area contributed by atoms with E-state index in [-0.39, 0.29) is 36.0 Å². The Morgan fingerprint density at radius 1 is 1.33 bits per heavy atom. The number of rotatable bonds is 7. The average molecular weight is 428 g/mol. The zero-order valence-corrected chi connectivity index (χ0v) is 15.7. The first-order chi connectivity index (χ1) is 9.16. The smallest absolute Gasteiger partial charge is 0.545 e. The number of aliphatic carboxylic acids is 1. The molecule has 0 aliphatic carbocycles. The first-order valence-corrected chi connectivity index (χ1v) is 6.78. The number of hydrogen-bond acceptors (Lipinski definition) is 4. The minimum atomic E-state index is -4.50. The summed E-state index contributed by atoms with van der Waals surface area (Å²) in [6.07, 6.45) is -2.18. The number of halogens is 4. The van der Waals surface area contributed by atoms with Crippen LogP contribution in [0.1, 0.15) is 26.2 Å². The van der Waals surface area contributed by atoms with Crippen LogP contribution in [0.25, 0.3) is 0 Å². The van der Waals surface area contributed by atoms with Crippen molar-refractivity contribution in [3.63, 3.8) is 0 Å². The molecular weight excluding hydrogens is 415 g/mol. The Kier molecular flexibility index (Phi) is 12.7. The number of alkyl halides is 3. The Hall–Kier alpha value is -0.0600. The topological polar surface area (TPSA) is 66.4 Å². The van der Waals surface area contributed by atoms with Crippen molar-refractivity contribution in [2.45, 2.75) is 38.5 Å². The molecule has 0 aromatic heterocycles. The molecule has 9 heteroatoms. The van der Waals surface area contributed by atoms with Gasteiger partial charge in [0.1, 0.15) is 6.10 Å². The van der Waals surface area contributed by atoms with E-state index in [0.29, 0.717) is 18.6 Å².